The predicted molar refractivity (Wildman–Crippen MR) is 80.1 cm³/mol. The molecule has 2 aliphatic rings. The zero-order valence-electron chi connectivity index (χ0n) is 12.1. The maximum atomic E-state index is 2.64. The zero-order valence-corrected chi connectivity index (χ0v) is 12.1. The molecule has 3 rings (SSSR count). The normalized spacial score (nSPS) is 23.4. The summed E-state index contributed by atoms with van der Waals surface area (Å²) in [5, 5.41) is 0. The molecule has 0 amide bonds. The van der Waals surface area contributed by atoms with Crippen LogP contribution < -0.4 is 0 Å². The molecule has 0 radical (unpaired) electrons. The molecule has 2 heterocycles. The molecule has 104 valence electrons. The van der Waals surface area contributed by atoms with E-state index in [4.69, 9.17) is 0 Å². The lowest BCUT2D eigenvalue weighted by atomic mass is 9.72. The fourth-order valence-electron chi connectivity index (χ4n) is 3.74. The molecule has 0 saturated carbocycles. The van der Waals surface area contributed by atoms with Gasteiger partial charge in [-0.25, -0.2) is 0 Å². The molecule has 2 saturated heterocycles. The van der Waals surface area contributed by atoms with Crippen LogP contribution in [0.3, 0.4) is 0 Å². The van der Waals surface area contributed by atoms with Crippen LogP contribution in [-0.4, -0.2) is 42.5 Å². The van der Waals surface area contributed by atoms with E-state index in [1.165, 1.54) is 57.5 Å². The van der Waals surface area contributed by atoms with Crippen molar-refractivity contribution >= 4 is 0 Å². The molecule has 2 heteroatoms. The molecule has 1 aromatic carbocycles. The summed E-state index contributed by atoms with van der Waals surface area (Å²) in [6.45, 7) is 10.0. The first-order valence-electron chi connectivity index (χ1n) is 7.78. The van der Waals surface area contributed by atoms with Crippen molar-refractivity contribution in [1.82, 2.24) is 9.80 Å². The molecule has 1 spiro atoms. The molecule has 0 aliphatic carbocycles. The van der Waals surface area contributed by atoms with Crippen molar-refractivity contribution in [3.63, 3.8) is 0 Å². The number of piperidine rings is 1. The van der Waals surface area contributed by atoms with Gasteiger partial charge >= 0.3 is 0 Å². The molecule has 2 fully saturated rings. The van der Waals surface area contributed by atoms with E-state index >= 15 is 0 Å². The summed E-state index contributed by atoms with van der Waals surface area (Å²) in [5.74, 6) is 0. The molecule has 0 aromatic heterocycles. The van der Waals surface area contributed by atoms with Gasteiger partial charge in [-0.05, 0) is 49.9 Å². The van der Waals surface area contributed by atoms with Crippen LogP contribution in [0.4, 0.5) is 0 Å². The minimum Gasteiger partial charge on any atom is -0.303 e. The van der Waals surface area contributed by atoms with Gasteiger partial charge in [0.15, 0.2) is 0 Å². The van der Waals surface area contributed by atoms with Crippen LogP contribution in [0.15, 0.2) is 30.3 Å². The number of nitrogens with zero attached hydrogens (tertiary/aromatic N) is 2. The van der Waals surface area contributed by atoms with Crippen LogP contribution in [-0.2, 0) is 6.54 Å². The van der Waals surface area contributed by atoms with Gasteiger partial charge in [-0.3, -0.25) is 4.90 Å². The number of hydrogen-bond acceptors (Lipinski definition) is 2. The molecule has 19 heavy (non-hydrogen) atoms. The summed E-state index contributed by atoms with van der Waals surface area (Å²) in [6, 6.07) is 10.9. The summed E-state index contributed by atoms with van der Waals surface area (Å²) in [7, 11) is 0. The van der Waals surface area contributed by atoms with E-state index in [9.17, 15) is 0 Å². The maximum absolute atomic E-state index is 2.64. The average Bonchev–Trinajstić information content (AvgIpc) is 2.41. The second-order valence-electron chi connectivity index (χ2n) is 6.47. The number of rotatable bonds is 4. The highest BCUT2D eigenvalue weighted by atomic mass is 15.2. The van der Waals surface area contributed by atoms with Gasteiger partial charge in [0.1, 0.15) is 0 Å². The fraction of sp³-hybridized carbons (Fsp3) is 0.647. The van der Waals surface area contributed by atoms with E-state index in [-0.39, 0.29) is 0 Å². The van der Waals surface area contributed by atoms with Gasteiger partial charge < -0.3 is 4.90 Å². The van der Waals surface area contributed by atoms with Crippen molar-refractivity contribution in [2.24, 2.45) is 5.41 Å². The quantitative estimate of drug-likeness (QED) is 0.819. The monoisotopic (exact) mass is 258 g/mol. The van der Waals surface area contributed by atoms with Crippen LogP contribution in [0.25, 0.3) is 0 Å². The van der Waals surface area contributed by atoms with Gasteiger partial charge in [0, 0.05) is 19.6 Å². The van der Waals surface area contributed by atoms with Gasteiger partial charge in [-0.2, -0.15) is 0 Å². The topological polar surface area (TPSA) is 6.48 Å². The van der Waals surface area contributed by atoms with Crippen molar-refractivity contribution in [3.05, 3.63) is 35.9 Å². The summed E-state index contributed by atoms with van der Waals surface area (Å²) < 4.78 is 0. The van der Waals surface area contributed by atoms with Crippen LogP contribution in [0, 0.1) is 5.41 Å². The summed E-state index contributed by atoms with van der Waals surface area (Å²) in [4.78, 5) is 5.26. The minimum absolute atomic E-state index is 0.666. The zero-order chi connectivity index (χ0) is 13.1. The highest BCUT2D eigenvalue weighted by Crippen LogP contribution is 2.40. The molecular weight excluding hydrogens is 232 g/mol. The Morgan fingerprint density at radius 3 is 2.32 bits per heavy atom. The molecule has 2 aliphatic heterocycles. The van der Waals surface area contributed by atoms with Crippen molar-refractivity contribution in [2.75, 3.05) is 32.7 Å². The molecule has 0 atom stereocenters. The Balaban J connectivity index is 1.45. The molecule has 1 aromatic rings. The number of likely N-dealkylation sites (tertiary alicyclic amines) is 2. The Morgan fingerprint density at radius 2 is 1.68 bits per heavy atom. The van der Waals surface area contributed by atoms with Crippen molar-refractivity contribution in [3.8, 4) is 0 Å². The second-order valence-corrected chi connectivity index (χ2v) is 6.47. The van der Waals surface area contributed by atoms with E-state index in [1.807, 2.05) is 0 Å². The van der Waals surface area contributed by atoms with E-state index in [1.54, 1.807) is 0 Å². The van der Waals surface area contributed by atoms with Gasteiger partial charge in [-0.15, -0.1) is 0 Å². The lowest BCUT2D eigenvalue weighted by Crippen LogP contribution is -2.59. The Hall–Kier alpha value is -0.860. The van der Waals surface area contributed by atoms with Crippen LogP contribution >= 0.6 is 0 Å². The fourth-order valence-corrected chi connectivity index (χ4v) is 3.74. The van der Waals surface area contributed by atoms with Crippen LogP contribution in [0.5, 0.6) is 0 Å². The molecular formula is C17H26N2. The van der Waals surface area contributed by atoms with E-state index in [2.05, 4.69) is 47.1 Å². The van der Waals surface area contributed by atoms with Crippen LogP contribution in [0.2, 0.25) is 0 Å². The largest absolute Gasteiger partial charge is 0.303 e. The van der Waals surface area contributed by atoms with E-state index < -0.39 is 0 Å². The van der Waals surface area contributed by atoms with Gasteiger partial charge in [-0.1, -0.05) is 37.3 Å². The lowest BCUT2D eigenvalue weighted by molar-refractivity contribution is -0.0509. The third-order valence-electron chi connectivity index (χ3n) is 4.82. The smallest absolute Gasteiger partial charge is 0.0234 e. The van der Waals surface area contributed by atoms with Gasteiger partial charge in [0.05, 0.1) is 0 Å². The second kappa shape index (κ2) is 5.64. The number of benzene rings is 1. The Labute approximate surface area is 117 Å². The average molecular weight is 258 g/mol. The SMILES string of the molecule is CCCN1CCC2(CC1)CN(Cc1ccccc1)C2. The molecule has 0 unspecified atom stereocenters. The van der Waals surface area contributed by atoms with Crippen molar-refractivity contribution < 1.29 is 0 Å². The third-order valence-corrected chi connectivity index (χ3v) is 4.82. The first-order chi connectivity index (χ1) is 9.30. The predicted octanol–water partition coefficient (Wildman–Crippen LogP) is 2.99. The Kier molecular flexibility index (Phi) is 3.90. The van der Waals surface area contributed by atoms with E-state index in [0.29, 0.717) is 5.41 Å². The van der Waals surface area contributed by atoms with Gasteiger partial charge in [0.25, 0.3) is 0 Å². The first-order valence-corrected chi connectivity index (χ1v) is 7.78. The highest BCUT2D eigenvalue weighted by molar-refractivity contribution is 5.15. The summed E-state index contributed by atoms with van der Waals surface area (Å²) in [5.41, 5.74) is 2.12. The number of hydrogen-bond donors (Lipinski definition) is 0. The van der Waals surface area contributed by atoms with E-state index in [0.717, 1.165) is 6.54 Å². The Morgan fingerprint density at radius 1 is 1.00 bits per heavy atom. The molecule has 2 nitrogen and oxygen atoms in total. The van der Waals surface area contributed by atoms with Gasteiger partial charge in [0.2, 0.25) is 0 Å². The molecule has 0 bridgehead atoms. The molecule has 0 N–H and O–H groups in total. The minimum atomic E-state index is 0.666. The standard InChI is InChI=1S/C17H26N2/c1-2-10-18-11-8-17(9-12-18)14-19(15-17)13-16-6-4-3-5-7-16/h3-7H,2,8-15H2,1H3. The van der Waals surface area contributed by atoms with Crippen molar-refractivity contribution in [1.29, 1.82) is 0 Å². The van der Waals surface area contributed by atoms with Crippen LogP contribution in [0.1, 0.15) is 31.7 Å². The lowest BCUT2D eigenvalue weighted by Gasteiger charge is -2.54. The third kappa shape index (κ3) is 3.01. The highest BCUT2D eigenvalue weighted by Gasteiger charge is 2.44. The summed E-state index contributed by atoms with van der Waals surface area (Å²) >= 11 is 0. The maximum Gasteiger partial charge on any atom is 0.0234 e. The first kappa shape index (κ1) is 13.1. The summed E-state index contributed by atoms with van der Waals surface area (Å²) in [6.07, 6.45) is 4.13. The Bertz CT molecular complexity index is 385. The van der Waals surface area contributed by atoms with Crippen molar-refractivity contribution in [2.45, 2.75) is 32.7 Å².